The molecule has 164 valence electrons. The van der Waals surface area contributed by atoms with Crippen LogP contribution in [0.2, 0.25) is 0 Å². The summed E-state index contributed by atoms with van der Waals surface area (Å²) >= 11 is 1.45. The van der Waals surface area contributed by atoms with Crippen molar-refractivity contribution in [1.29, 1.82) is 0 Å². The van der Waals surface area contributed by atoms with Crippen LogP contribution in [-0.2, 0) is 17.8 Å². The number of amides is 1. The van der Waals surface area contributed by atoms with E-state index < -0.39 is 6.04 Å². The first-order valence-electron chi connectivity index (χ1n) is 9.98. The molecule has 1 amide bonds. The molecule has 2 aromatic heterocycles. The van der Waals surface area contributed by atoms with Crippen LogP contribution in [0.4, 0.5) is 4.39 Å². The van der Waals surface area contributed by atoms with E-state index in [4.69, 9.17) is 9.26 Å². The van der Waals surface area contributed by atoms with Gasteiger partial charge in [0.25, 0.3) is 0 Å². The van der Waals surface area contributed by atoms with Gasteiger partial charge in [-0.1, -0.05) is 22.9 Å². The first-order chi connectivity index (χ1) is 15.5. The number of aromatic nitrogens is 3. The number of benzene rings is 2. The lowest BCUT2D eigenvalue weighted by atomic mass is 10.2. The topological polar surface area (TPSA) is 90.1 Å². The first kappa shape index (κ1) is 21.6. The summed E-state index contributed by atoms with van der Waals surface area (Å²) in [6.07, 6.45) is 0.129. The Morgan fingerprint density at radius 2 is 1.91 bits per heavy atom. The molecule has 0 aliphatic carbocycles. The van der Waals surface area contributed by atoms with E-state index in [2.05, 4.69) is 20.4 Å². The fourth-order valence-corrected chi connectivity index (χ4v) is 3.63. The van der Waals surface area contributed by atoms with Crippen molar-refractivity contribution in [2.45, 2.75) is 32.9 Å². The predicted molar refractivity (Wildman–Crippen MR) is 118 cm³/mol. The van der Waals surface area contributed by atoms with Crippen molar-refractivity contribution in [3.8, 4) is 17.1 Å². The zero-order valence-electron chi connectivity index (χ0n) is 17.5. The SMILES string of the molecule is Cc1ccc(OCc2nc(CC(=O)NC(C)c3nc(-c4ccc(F)cc4)no3)cs2)cc1. The number of nitrogens with one attached hydrogen (secondary N) is 1. The van der Waals surface area contributed by atoms with E-state index in [1.165, 1.54) is 29.0 Å². The molecule has 9 heteroatoms. The van der Waals surface area contributed by atoms with Crippen molar-refractivity contribution in [2.75, 3.05) is 0 Å². The number of ether oxygens (including phenoxy) is 1. The zero-order chi connectivity index (χ0) is 22.5. The third-order valence-electron chi connectivity index (χ3n) is 4.62. The number of nitrogens with zero attached hydrogens (tertiary/aromatic N) is 3. The fraction of sp³-hybridized carbons (Fsp3) is 0.217. The van der Waals surface area contributed by atoms with Crippen LogP contribution in [0.25, 0.3) is 11.4 Å². The average molecular weight is 453 g/mol. The Balaban J connectivity index is 1.29. The van der Waals surface area contributed by atoms with Gasteiger partial charge in [0.1, 0.15) is 29.2 Å². The highest BCUT2D eigenvalue weighted by atomic mass is 32.1. The lowest BCUT2D eigenvalue weighted by Gasteiger charge is -2.08. The van der Waals surface area contributed by atoms with Crippen LogP contribution in [0, 0.1) is 12.7 Å². The molecule has 1 atom stereocenters. The molecule has 0 radical (unpaired) electrons. The predicted octanol–water partition coefficient (Wildman–Crippen LogP) is 4.64. The van der Waals surface area contributed by atoms with E-state index in [0.29, 0.717) is 23.7 Å². The lowest BCUT2D eigenvalue weighted by molar-refractivity contribution is -0.121. The van der Waals surface area contributed by atoms with Crippen LogP contribution in [0.5, 0.6) is 5.75 Å². The van der Waals surface area contributed by atoms with Gasteiger partial charge in [-0.3, -0.25) is 4.79 Å². The molecule has 7 nitrogen and oxygen atoms in total. The monoisotopic (exact) mass is 452 g/mol. The molecule has 4 rings (SSSR count). The summed E-state index contributed by atoms with van der Waals surface area (Å²) in [5.74, 6) is 0.820. The van der Waals surface area contributed by atoms with Crippen molar-refractivity contribution >= 4 is 17.2 Å². The number of hydrogen-bond donors (Lipinski definition) is 1. The minimum absolute atomic E-state index is 0.129. The molecular formula is C23H21FN4O3S. The van der Waals surface area contributed by atoms with Gasteiger partial charge in [-0.2, -0.15) is 4.98 Å². The van der Waals surface area contributed by atoms with E-state index in [-0.39, 0.29) is 24.0 Å². The summed E-state index contributed by atoms with van der Waals surface area (Å²) in [6.45, 7) is 4.12. The number of hydrogen-bond acceptors (Lipinski definition) is 7. The maximum atomic E-state index is 13.1. The lowest BCUT2D eigenvalue weighted by Crippen LogP contribution is -2.28. The summed E-state index contributed by atoms with van der Waals surface area (Å²) in [5.41, 5.74) is 2.46. The van der Waals surface area contributed by atoms with E-state index in [9.17, 15) is 9.18 Å². The molecule has 2 heterocycles. The second-order valence-electron chi connectivity index (χ2n) is 7.26. The number of halogens is 1. The third kappa shape index (κ3) is 5.55. The van der Waals surface area contributed by atoms with E-state index in [1.54, 1.807) is 19.1 Å². The van der Waals surface area contributed by atoms with Gasteiger partial charge in [0.15, 0.2) is 0 Å². The highest BCUT2D eigenvalue weighted by Gasteiger charge is 2.18. The Morgan fingerprint density at radius 1 is 1.16 bits per heavy atom. The summed E-state index contributed by atoms with van der Waals surface area (Å²) in [4.78, 5) is 21.2. The third-order valence-corrected chi connectivity index (χ3v) is 5.49. The van der Waals surface area contributed by atoms with Crippen LogP contribution in [0.15, 0.2) is 58.4 Å². The van der Waals surface area contributed by atoms with Crippen LogP contribution < -0.4 is 10.1 Å². The summed E-state index contributed by atoms with van der Waals surface area (Å²) in [6, 6.07) is 13.1. The zero-order valence-corrected chi connectivity index (χ0v) is 18.4. The quantitative estimate of drug-likeness (QED) is 0.419. The summed E-state index contributed by atoms with van der Waals surface area (Å²) in [7, 11) is 0. The molecule has 0 bridgehead atoms. The number of rotatable bonds is 8. The highest BCUT2D eigenvalue weighted by molar-refractivity contribution is 7.09. The van der Waals surface area contributed by atoms with Crippen molar-refractivity contribution in [1.82, 2.24) is 20.4 Å². The van der Waals surface area contributed by atoms with Crippen LogP contribution in [-0.4, -0.2) is 21.0 Å². The molecular weight excluding hydrogens is 431 g/mol. The Labute approximate surface area is 188 Å². The Bertz CT molecular complexity index is 1190. The van der Waals surface area contributed by atoms with Crippen molar-refractivity contribution in [3.05, 3.63) is 81.9 Å². The molecule has 0 fully saturated rings. The van der Waals surface area contributed by atoms with Gasteiger partial charge in [0, 0.05) is 10.9 Å². The van der Waals surface area contributed by atoms with Crippen LogP contribution in [0.1, 0.15) is 35.1 Å². The molecule has 0 spiro atoms. The molecule has 0 saturated heterocycles. The minimum Gasteiger partial charge on any atom is -0.486 e. The van der Waals surface area contributed by atoms with Crippen molar-refractivity contribution in [2.24, 2.45) is 0 Å². The fourth-order valence-electron chi connectivity index (χ4n) is 2.92. The summed E-state index contributed by atoms with van der Waals surface area (Å²) in [5, 5.41) is 9.37. The number of thiazole rings is 1. The smallest absolute Gasteiger partial charge is 0.249 e. The van der Waals surface area contributed by atoms with Crippen LogP contribution >= 0.6 is 11.3 Å². The van der Waals surface area contributed by atoms with Gasteiger partial charge in [-0.05, 0) is 50.2 Å². The van der Waals surface area contributed by atoms with Gasteiger partial charge < -0.3 is 14.6 Å². The molecule has 1 unspecified atom stereocenters. The van der Waals surface area contributed by atoms with Crippen LogP contribution in [0.3, 0.4) is 0 Å². The molecule has 4 aromatic rings. The van der Waals surface area contributed by atoms with Gasteiger partial charge in [0.2, 0.25) is 17.6 Å². The highest BCUT2D eigenvalue weighted by Crippen LogP contribution is 2.20. The minimum atomic E-state index is -0.479. The number of aryl methyl sites for hydroxylation is 1. The Morgan fingerprint density at radius 3 is 2.66 bits per heavy atom. The second-order valence-corrected chi connectivity index (χ2v) is 8.21. The van der Waals surface area contributed by atoms with Gasteiger partial charge >= 0.3 is 0 Å². The van der Waals surface area contributed by atoms with Gasteiger partial charge in [-0.25, -0.2) is 9.37 Å². The van der Waals surface area contributed by atoms with E-state index >= 15 is 0 Å². The van der Waals surface area contributed by atoms with Gasteiger partial charge in [-0.15, -0.1) is 11.3 Å². The molecule has 1 N–H and O–H groups in total. The maximum absolute atomic E-state index is 13.1. The molecule has 0 aliphatic rings. The molecule has 0 aliphatic heterocycles. The molecule has 0 saturated carbocycles. The second kappa shape index (κ2) is 9.69. The molecule has 2 aromatic carbocycles. The Hall–Kier alpha value is -3.59. The van der Waals surface area contributed by atoms with Crippen molar-refractivity contribution in [3.63, 3.8) is 0 Å². The Kier molecular flexibility index (Phi) is 6.55. The maximum Gasteiger partial charge on any atom is 0.249 e. The summed E-state index contributed by atoms with van der Waals surface area (Å²) < 4.78 is 24.1. The number of carbonyl (C=O) groups is 1. The molecule has 32 heavy (non-hydrogen) atoms. The number of carbonyl (C=O) groups excluding carboxylic acids is 1. The van der Waals surface area contributed by atoms with E-state index in [1.807, 2.05) is 36.6 Å². The van der Waals surface area contributed by atoms with Gasteiger partial charge in [0.05, 0.1) is 12.1 Å². The van der Waals surface area contributed by atoms with Crippen molar-refractivity contribution < 1.29 is 18.4 Å². The normalized spacial score (nSPS) is 11.8. The average Bonchev–Trinajstić information content (AvgIpc) is 3.44. The first-order valence-corrected chi connectivity index (χ1v) is 10.9. The standard InChI is InChI=1S/C23H21FN4O3S/c1-14-3-9-19(10-4-14)30-12-21-26-18(13-32-21)11-20(29)25-15(2)23-27-22(28-31-23)16-5-7-17(24)8-6-16/h3-10,13,15H,11-12H2,1-2H3,(H,25,29). The van der Waals surface area contributed by atoms with E-state index in [0.717, 1.165) is 10.8 Å². The largest absolute Gasteiger partial charge is 0.486 e.